The maximum absolute atomic E-state index is 12.4. The Morgan fingerprint density at radius 2 is 2.10 bits per heavy atom. The first-order valence-electron chi connectivity index (χ1n) is 8.91. The summed E-state index contributed by atoms with van der Waals surface area (Å²) in [5, 5.41) is 20.2. The van der Waals surface area contributed by atoms with Crippen LogP contribution in [-0.4, -0.2) is 40.3 Å². The second kappa shape index (κ2) is 7.47. The number of aryl methyl sites for hydroxylation is 2. The number of hydrogen-bond acceptors (Lipinski definition) is 7. The van der Waals surface area contributed by atoms with Gasteiger partial charge >= 0.3 is 0 Å². The van der Waals surface area contributed by atoms with E-state index in [-0.39, 0.29) is 12.3 Å². The number of hydrogen-bond donors (Lipinski definition) is 1. The zero-order valence-electron chi connectivity index (χ0n) is 15.9. The number of pyridine rings is 1. The summed E-state index contributed by atoms with van der Waals surface area (Å²) in [6, 6.07) is 5.60. The lowest BCUT2D eigenvalue weighted by Gasteiger charge is -2.11. The van der Waals surface area contributed by atoms with Crippen molar-refractivity contribution >= 4 is 17.2 Å². The van der Waals surface area contributed by atoms with Gasteiger partial charge in [0.05, 0.1) is 18.1 Å². The van der Waals surface area contributed by atoms with Crippen LogP contribution in [0.1, 0.15) is 28.9 Å². The van der Waals surface area contributed by atoms with Crippen LogP contribution in [0.4, 0.5) is 5.69 Å². The van der Waals surface area contributed by atoms with Crippen molar-refractivity contribution in [2.24, 2.45) is 0 Å². The minimum absolute atomic E-state index is 0.127. The molecule has 0 bridgehead atoms. The maximum atomic E-state index is 12.4. The fourth-order valence-corrected chi connectivity index (χ4v) is 3.14. The van der Waals surface area contributed by atoms with Crippen LogP contribution in [0.3, 0.4) is 0 Å². The van der Waals surface area contributed by atoms with Crippen molar-refractivity contribution in [1.29, 1.82) is 5.26 Å². The quantitative estimate of drug-likeness (QED) is 0.553. The monoisotopic (exact) mass is 387 g/mol. The lowest BCUT2D eigenvalue weighted by atomic mass is 10.1. The third kappa shape index (κ3) is 3.53. The molecule has 1 N–H and O–H groups in total. The van der Waals surface area contributed by atoms with E-state index in [1.807, 2.05) is 13.8 Å². The number of rotatable bonds is 5. The van der Waals surface area contributed by atoms with E-state index in [0.29, 0.717) is 29.1 Å². The summed E-state index contributed by atoms with van der Waals surface area (Å²) in [4.78, 5) is 25.0. The third-order valence-electron chi connectivity index (χ3n) is 4.62. The van der Waals surface area contributed by atoms with Crippen LogP contribution >= 0.6 is 0 Å². The fraction of sp³-hybridized carbons (Fsp3) is 0.211. The van der Waals surface area contributed by atoms with E-state index in [2.05, 4.69) is 36.5 Å². The molecule has 0 spiro atoms. The molecule has 0 aliphatic carbocycles. The van der Waals surface area contributed by atoms with Gasteiger partial charge in [0.1, 0.15) is 24.3 Å². The van der Waals surface area contributed by atoms with E-state index in [1.54, 1.807) is 29.2 Å². The van der Waals surface area contributed by atoms with E-state index in [4.69, 9.17) is 5.26 Å². The number of nitrogens with one attached hydrogen (secondary N) is 1. The minimum Gasteiger partial charge on any atom is -0.325 e. The number of carbonyl (C=O) groups excluding carboxylic acids is 1. The molecule has 4 heterocycles. The van der Waals surface area contributed by atoms with Crippen molar-refractivity contribution < 1.29 is 4.79 Å². The lowest BCUT2D eigenvalue weighted by molar-refractivity contribution is -0.116. The van der Waals surface area contributed by atoms with Gasteiger partial charge in [-0.1, -0.05) is 0 Å². The topological polar surface area (TPSA) is 127 Å². The number of nitriles is 1. The zero-order valence-corrected chi connectivity index (χ0v) is 15.9. The normalized spacial score (nSPS) is 10.8. The largest absolute Gasteiger partial charge is 0.325 e. The van der Waals surface area contributed by atoms with Crippen LogP contribution in [0, 0.1) is 25.2 Å². The summed E-state index contributed by atoms with van der Waals surface area (Å²) in [7, 11) is 0. The van der Waals surface area contributed by atoms with Gasteiger partial charge in [-0.3, -0.25) is 4.79 Å². The molecule has 0 aliphatic rings. The molecule has 29 heavy (non-hydrogen) atoms. The fourth-order valence-electron chi connectivity index (χ4n) is 3.14. The molecule has 0 radical (unpaired) electrons. The molecule has 0 unspecified atom stereocenters. The summed E-state index contributed by atoms with van der Waals surface area (Å²) in [5.41, 5.74) is 4.18. The lowest BCUT2D eigenvalue weighted by Crippen LogP contribution is -2.14. The molecule has 1 amide bonds. The van der Waals surface area contributed by atoms with Gasteiger partial charge in [-0.05, 0) is 38.0 Å². The zero-order chi connectivity index (χ0) is 20.4. The third-order valence-corrected chi connectivity index (χ3v) is 4.62. The first kappa shape index (κ1) is 18.2. The highest BCUT2D eigenvalue weighted by Crippen LogP contribution is 2.18. The molecule has 0 fully saturated rings. The van der Waals surface area contributed by atoms with Crippen molar-refractivity contribution in [2.45, 2.75) is 26.7 Å². The van der Waals surface area contributed by atoms with E-state index >= 15 is 0 Å². The van der Waals surface area contributed by atoms with Crippen molar-refractivity contribution in [1.82, 2.24) is 34.3 Å². The molecule has 10 heteroatoms. The Labute approximate surface area is 165 Å². The van der Waals surface area contributed by atoms with Gasteiger partial charge in [-0.2, -0.15) is 15.5 Å². The van der Waals surface area contributed by atoms with Gasteiger partial charge in [-0.25, -0.2) is 24.1 Å². The summed E-state index contributed by atoms with van der Waals surface area (Å²) >= 11 is 0. The number of carbonyl (C=O) groups is 1. The van der Waals surface area contributed by atoms with Crippen LogP contribution < -0.4 is 5.32 Å². The Kier molecular flexibility index (Phi) is 4.70. The highest BCUT2D eigenvalue weighted by Gasteiger charge is 2.15. The smallest absolute Gasteiger partial charge is 0.224 e. The molecule has 0 aromatic carbocycles. The van der Waals surface area contributed by atoms with Crippen LogP contribution in [-0.2, 0) is 11.2 Å². The second-order valence-corrected chi connectivity index (χ2v) is 6.46. The minimum atomic E-state index is -0.127. The highest BCUT2D eigenvalue weighted by molar-refractivity contribution is 5.90. The van der Waals surface area contributed by atoms with Crippen LogP contribution in [0.2, 0.25) is 0 Å². The summed E-state index contributed by atoms with van der Waals surface area (Å²) in [6.07, 6.45) is 6.85. The van der Waals surface area contributed by atoms with Crippen molar-refractivity contribution in [3.63, 3.8) is 0 Å². The first-order valence-corrected chi connectivity index (χ1v) is 8.91. The number of anilines is 1. The molecule has 10 nitrogen and oxygen atoms in total. The number of nitrogens with zero attached hydrogens (tertiary/aromatic N) is 8. The van der Waals surface area contributed by atoms with E-state index < -0.39 is 0 Å². The second-order valence-electron chi connectivity index (χ2n) is 6.46. The average molecular weight is 387 g/mol. The number of aromatic nitrogens is 7. The Hall–Kier alpha value is -4.13. The molecule has 0 aliphatic heterocycles. The summed E-state index contributed by atoms with van der Waals surface area (Å²) < 4.78 is 3.18. The number of fused-ring (bicyclic) bond motifs is 1. The van der Waals surface area contributed by atoms with Crippen LogP contribution in [0.15, 0.2) is 37.2 Å². The van der Waals surface area contributed by atoms with Gasteiger partial charge in [0.15, 0.2) is 11.5 Å². The van der Waals surface area contributed by atoms with Crippen molar-refractivity contribution in [2.75, 3.05) is 5.32 Å². The molecular formula is C19H17N9O. The van der Waals surface area contributed by atoms with E-state index in [0.717, 1.165) is 17.0 Å². The average Bonchev–Trinajstić information content (AvgIpc) is 3.38. The molecule has 4 aromatic heterocycles. The van der Waals surface area contributed by atoms with Gasteiger partial charge in [0, 0.05) is 17.8 Å². The maximum Gasteiger partial charge on any atom is 0.224 e. The molecule has 0 atom stereocenters. The predicted octanol–water partition coefficient (Wildman–Crippen LogP) is 1.76. The van der Waals surface area contributed by atoms with Gasteiger partial charge < -0.3 is 5.32 Å². The molecule has 4 rings (SSSR count). The van der Waals surface area contributed by atoms with Gasteiger partial charge in [-0.15, -0.1) is 0 Å². The summed E-state index contributed by atoms with van der Waals surface area (Å²) in [6.45, 7) is 3.79. The standard InChI is InChI=1S/C19H17N9O/c1-12-16(13(2)28-19(25-12)14(7-20)8-23-28)4-6-18(29)26-15-3-5-17(22-9-15)27-11-21-10-24-27/h3,5,8-11H,4,6H2,1-2H3,(H,26,29). The van der Waals surface area contributed by atoms with E-state index in [9.17, 15) is 4.79 Å². The molecule has 0 saturated carbocycles. The molecule has 0 saturated heterocycles. The molecular weight excluding hydrogens is 370 g/mol. The Morgan fingerprint density at radius 1 is 1.24 bits per heavy atom. The Balaban J connectivity index is 1.44. The molecule has 144 valence electrons. The van der Waals surface area contributed by atoms with E-state index in [1.165, 1.54) is 17.2 Å². The Morgan fingerprint density at radius 3 is 2.79 bits per heavy atom. The SMILES string of the molecule is Cc1nc2c(C#N)cnn2c(C)c1CCC(=O)Nc1ccc(-n2cncn2)nc1. The number of amides is 1. The first-order chi connectivity index (χ1) is 14.1. The van der Waals surface area contributed by atoms with Crippen molar-refractivity contribution in [3.05, 3.63) is 59.7 Å². The predicted molar refractivity (Wildman–Crippen MR) is 103 cm³/mol. The highest BCUT2D eigenvalue weighted by atomic mass is 16.1. The van der Waals surface area contributed by atoms with Crippen LogP contribution in [0.25, 0.3) is 11.5 Å². The molecule has 4 aromatic rings. The van der Waals surface area contributed by atoms with Gasteiger partial charge in [0.2, 0.25) is 5.91 Å². The van der Waals surface area contributed by atoms with Crippen molar-refractivity contribution in [3.8, 4) is 11.9 Å². The summed E-state index contributed by atoms with van der Waals surface area (Å²) in [5.74, 6) is 0.486. The van der Waals surface area contributed by atoms with Gasteiger partial charge in [0.25, 0.3) is 0 Å². The van der Waals surface area contributed by atoms with Crippen LogP contribution in [0.5, 0.6) is 0 Å². The Bertz CT molecular complexity index is 1220.